The van der Waals surface area contributed by atoms with Crippen molar-refractivity contribution in [1.82, 2.24) is 19.8 Å². The summed E-state index contributed by atoms with van der Waals surface area (Å²) in [6.07, 6.45) is 2.44. The van der Waals surface area contributed by atoms with Gasteiger partial charge >= 0.3 is 6.03 Å². The number of hydrogen-bond acceptors (Lipinski definition) is 4. The quantitative estimate of drug-likeness (QED) is 0.352. The zero-order chi connectivity index (χ0) is 27.1. The molecule has 0 saturated carbocycles. The molecular weight excluding hydrogens is 517 g/mol. The summed E-state index contributed by atoms with van der Waals surface area (Å²) in [7, 11) is 1.88. The third kappa shape index (κ3) is 5.17. The highest BCUT2D eigenvalue weighted by Gasteiger charge is 2.27. The number of fused-ring (bicyclic) bond motifs is 1. The minimum absolute atomic E-state index is 0.243. The summed E-state index contributed by atoms with van der Waals surface area (Å²) in [5, 5.41) is 2.90. The normalized spacial score (nSPS) is 15.5. The molecule has 39 heavy (non-hydrogen) atoms. The van der Waals surface area contributed by atoms with Gasteiger partial charge < -0.3 is 4.57 Å². The molecule has 0 radical (unpaired) electrons. The molecule has 6 rings (SSSR count). The number of hydrogen-bond donors (Lipinski definition) is 1. The van der Waals surface area contributed by atoms with Gasteiger partial charge in [-0.2, -0.15) is 0 Å². The zero-order valence-corrected chi connectivity index (χ0v) is 22.2. The monoisotopic (exact) mass is 543 g/mol. The summed E-state index contributed by atoms with van der Waals surface area (Å²) in [6, 6.07) is 18.9. The van der Waals surface area contributed by atoms with Gasteiger partial charge in [-0.25, -0.2) is 14.2 Å². The Bertz CT molecular complexity index is 1580. The van der Waals surface area contributed by atoms with E-state index in [1.807, 2.05) is 23.7 Å². The van der Waals surface area contributed by atoms with E-state index in [0.29, 0.717) is 29.4 Å². The van der Waals surface area contributed by atoms with E-state index in [1.54, 1.807) is 23.2 Å². The number of carbonyl (C=O) groups is 2. The van der Waals surface area contributed by atoms with Crippen molar-refractivity contribution in [3.8, 4) is 11.4 Å². The number of nitrogens with zero attached hydrogens (tertiary/aromatic N) is 4. The van der Waals surface area contributed by atoms with E-state index in [-0.39, 0.29) is 18.1 Å². The predicted molar refractivity (Wildman–Crippen MR) is 148 cm³/mol. The fourth-order valence-electron chi connectivity index (χ4n) is 5.34. The number of benzene rings is 3. The summed E-state index contributed by atoms with van der Waals surface area (Å²) in [5.41, 5.74) is 6.36. The maximum Gasteiger partial charge on any atom is 0.329 e. The smallest absolute Gasteiger partial charge is 0.314 e. The van der Waals surface area contributed by atoms with Crippen LogP contribution in [0, 0.1) is 5.82 Å². The predicted octanol–water partition coefficient (Wildman–Crippen LogP) is 5.43. The third-order valence-electron chi connectivity index (χ3n) is 7.38. The van der Waals surface area contributed by atoms with Crippen LogP contribution in [0.25, 0.3) is 11.4 Å². The molecule has 1 aromatic heterocycles. The summed E-state index contributed by atoms with van der Waals surface area (Å²) in [4.78, 5) is 32.3. The molecule has 0 bridgehead atoms. The molecule has 4 aromatic rings. The molecule has 9 heteroatoms. The standard InChI is InChI=1S/C30H27ClFN5O2/c1-35-28(37-11-10-27(38)34-30(37)39)15-33-29(35)21-6-7-22-17-36(18-24(22)13-21)16-20-4-2-19(3-5-20)12-23-14-25(31)8-9-26(23)32/h2-9,13-15H,10-12,16-18H2,1H3,(H,34,38,39). The zero-order valence-electron chi connectivity index (χ0n) is 21.5. The number of carbonyl (C=O) groups excluding carboxylic acids is 2. The lowest BCUT2D eigenvalue weighted by Crippen LogP contribution is -2.50. The van der Waals surface area contributed by atoms with Gasteiger partial charge in [-0.1, -0.05) is 48.0 Å². The Hall–Kier alpha value is -4.01. The number of imide groups is 1. The van der Waals surface area contributed by atoms with Crippen LogP contribution in [-0.2, 0) is 37.9 Å². The highest BCUT2D eigenvalue weighted by Crippen LogP contribution is 2.31. The molecule has 0 atom stereocenters. The number of rotatable bonds is 6. The van der Waals surface area contributed by atoms with Gasteiger partial charge in [-0.05, 0) is 52.1 Å². The molecule has 0 spiro atoms. The van der Waals surface area contributed by atoms with Crippen molar-refractivity contribution in [2.75, 3.05) is 11.4 Å². The molecule has 3 aromatic carbocycles. The molecular formula is C30H27ClFN5O2. The van der Waals surface area contributed by atoms with Crippen molar-refractivity contribution in [3.63, 3.8) is 0 Å². The SMILES string of the molecule is Cn1c(N2CCC(=O)NC2=O)cnc1-c1ccc2c(c1)CN(Cc1ccc(Cc3cc(Cl)ccc3F)cc1)C2. The van der Waals surface area contributed by atoms with Crippen molar-refractivity contribution < 1.29 is 14.0 Å². The van der Waals surface area contributed by atoms with Crippen molar-refractivity contribution in [2.45, 2.75) is 32.5 Å². The van der Waals surface area contributed by atoms with Gasteiger partial charge in [0.05, 0.1) is 6.20 Å². The number of imidazole rings is 1. The van der Waals surface area contributed by atoms with Gasteiger partial charge in [0.2, 0.25) is 5.91 Å². The maximum atomic E-state index is 14.1. The Labute approximate surface area is 230 Å². The highest BCUT2D eigenvalue weighted by molar-refractivity contribution is 6.30. The second-order valence-electron chi connectivity index (χ2n) is 10.1. The van der Waals surface area contributed by atoms with Crippen LogP contribution in [0.3, 0.4) is 0 Å². The Morgan fingerprint density at radius 1 is 0.974 bits per heavy atom. The van der Waals surface area contributed by atoms with Crippen molar-refractivity contribution >= 4 is 29.4 Å². The second kappa shape index (κ2) is 10.3. The van der Waals surface area contributed by atoms with Gasteiger partial charge in [-0.3, -0.25) is 19.9 Å². The summed E-state index contributed by atoms with van der Waals surface area (Å²) in [6.45, 7) is 2.83. The lowest BCUT2D eigenvalue weighted by atomic mass is 10.0. The average molecular weight is 544 g/mol. The fourth-order valence-corrected chi connectivity index (χ4v) is 5.53. The molecule has 3 amide bonds. The Balaban J connectivity index is 1.12. The molecule has 3 heterocycles. The van der Waals surface area contributed by atoms with Crippen LogP contribution in [0.2, 0.25) is 5.02 Å². The van der Waals surface area contributed by atoms with E-state index < -0.39 is 6.03 Å². The van der Waals surface area contributed by atoms with Gasteiger partial charge in [-0.15, -0.1) is 0 Å². The number of urea groups is 1. The number of nitrogens with one attached hydrogen (secondary N) is 1. The van der Waals surface area contributed by atoms with Crippen LogP contribution in [0.15, 0.2) is 66.9 Å². The number of halogens is 2. The topological polar surface area (TPSA) is 70.5 Å². The van der Waals surface area contributed by atoms with Gasteiger partial charge in [0, 0.05) is 56.7 Å². The van der Waals surface area contributed by atoms with E-state index in [1.165, 1.54) is 22.8 Å². The fraction of sp³-hybridized carbons (Fsp3) is 0.233. The molecule has 198 valence electrons. The Morgan fingerprint density at radius 3 is 2.54 bits per heavy atom. The van der Waals surface area contributed by atoms with E-state index in [0.717, 1.165) is 36.6 Å². The molecule has 2 aliphatic heterocycles. The van der Waals surface area contributed by atoms with Gasteiger partial charge in [0.15, 0.2) is 0 Å². The molecule has 1 fully saturated rings. The number of amides is 3. The lowest BCUT2D eigenvalue weighted by molar-refractivity contribution is -0.120. The first kappa shape index (κ1) is 25.3. The lowest BCUT2D eigenvalue weighted by Gasteiger charge is -2.26. The van der Waals surface area contributed by atoms with Crippen molar-refractivity contribution in [3.05, 3.63) is 106 Å². The molecule has 1 saturated heterocycles. The largest absolute Gasteiger partial charge is 0.329 e. The van der Waals surface area contributed by atoms with Gasteiger partial charge in [0.25, 0.3) is 0 Å². The first-order valence-corrected chi connectivity index (χ1v) is 13.2. The van der Waals surface area contributed by atoms with Crippen molar-refractivity contribution in [1.29, 1.82) is 0 Å². The molecule has 0 unspecified atom stereocenters. The average Bonchev–Trinajstić information content (AvgIpc) is 3.49. The number of anilines is 1. The van der Waals surface area contributed by atoms with E-state index in [9.17, 15) is 14.0 Å². The maximum absolute atomic E-state index is 14.1. The number of aromatic nitrogens is 2. The molecule has 1 N–H and O–H groups in total. The van der Waals surface area contributed by atoms with Crippen LogP contribution in [0.5, 0.6) is 0 Å². The van der Waals surface area contributed by atoms with Crippen molar-refractivity contribution in [2.24, 2.45) is 7.05 Å². The first-order valence-electron chi connectivity index (χ1n) is 12.8. The Morgan fingerprint density at radius 2 is 1.74 bits per heavy atom. The minimum Gasteiger partial charge on any atom is -0.314 e. The minimum atomic E-state index is -0.421. The van der Waals surface area contributed by atoms with E-state index in [4.69, 9.17) is 11.6 Å². The molecule has 0 aliphatic carbocycles. The summed E-state index contributed by atoms with van der Waals surface area (Å²) >= 11 is 6.03. The van der Waals surface area contributed by atoms with Crippen LogP contribution < -0.4 is 10.2 Å². The summed E-state index contributed by atoms with van der Waals surface area (Å²) in [5.74, 6) is 0.917. The van der Waals surface area contributed by atoms with Crippen LogP contribution in [0.4, 0.5) is 15.0 Å². The van der Waals surface area contributed by atoms with Gasteiger partial charge in [0.1, 0.15) is 17.5 Å². The van der Waals surface area contributed by atoms with Crippen LogP contribution >= 0.6 is 11.6 Å². The Kier molecular flexibility index (Phi) is 6.66. The van der Waals surface area contributed by atoms with E-state index >= 15 is 0 Å². The van der Waals surface area contributed by atoms with E-state index in [2.05, 4.69) is 45.5 Å². The molecule has 2 aliphatic rings. The third-order valence-corrected chi connectivity index (χ3v) is 7.61. The van der Waals surface area contributed by atoms with Crippen LogP contribution in [-0.4, -0.2) is 32.9 Å². The first-order chi connectivity index (χ1) is 18.8. The van der Waals surface area contributed by atoms with Crippen LogP contribution in [0.1, 0.15) is 34.2 Å². The highest BCUT2D eigenvalue weighted by atomic mass is 35.5. The second-order valence-corrected chi connectivity index (χ2v) is 10.5. The summed E-state index contributed by atoms with van der Waals surface area (Å²) < 4.78 is 16.0. The molecule has 7 nitrogen and oxygen atoms in total.